The molecule has 3 heteroatoms. The fourth-order valence-electron chi connectivity index (χ4n) is 3.42. The molecule has 0 bridgehead atoms. The summed E-state index contributed by atoms with van der Waals surface area (Å²) >= 11 is 0. The summed E-state index contributed by atoms with van der Waals surface area (Å²) in [6.07, 6.45) is 0.893. The Labute approximate surface area is 155 Å². The molecular weight excluding hydrogens is 318 g/mol. The molecule has 0 aliphatic carbocycles. The molecule has 1 N–H and O–H groups in total. The molecule has 26 heavy (non-hydrogen) atoms. The Bertz CT molecular complexity index is 939. The molecule has 0 unspecified atom stereocenters. The number of nitrogens with one attached hydrogen (secondary N) is 1. The van der Waals surface area contributed by atoms with Crippen molar-refractivity contribution in [2.45, 2.75) is 40.7 Å². The first-order valence-electron chi connectivity index (χ1n) is 9.00. The van der Waals surface area contributed by atoms with Crippen molar-refractivity contribution in [2.24, 2.45) is 0 Å². The van der Waals surface area contributed by atoms with Gasteiger partial charge in [-0.25, -0.2) is 0 Å². The van der Waals surface area contributed by atoms with Gasteiger partial charge < -0.3 is 9.88 Å². The molecule has 132 valence electrons. The van der Waals surface area contributed by atoms with Crippen molar-refractivity contribution < 1.29 is 0 Å². The Balaban J connectivity index is 2.00. The zero-order valence-electron chi connectivity index (χ0n) is 15.9. The van der Waals surface area contributed by atoms with Gasteiger partial charge in [-0.3, -0.25) is 0 Å². The van der Waals surface area contributed by atoms with Crippen molar-refractivity contribution in [3.63, 3.8) is 0 Å². The van der Waals surface area contributed by atoms with Gasteiger partial charge in [-0.15, -0.1) is 0 Å². The van der Waals surface area contributed by atoms with Crippen molar-refractivity contribution in [1.29, 1.82) is 5.26 Å². The molecule has 0 radical (unpaired) electrons. The summed E-state index contributed by atoms with van der Waals surface area (Å²) in [7, 11) is 0. The van der Waals surface area contributed by atoms with Gasteiger partial charge in [0.15, 0.2) is 0 Å². The number of para-hydroxylation sites is 1. The van der Waals surface area contributed by atoms with E-state index in [0.29, 0.717) is 0 Å². The molecule has 2 aromatic carbocycles. The van der Waals surface area contributed by atoms with Gasteiger partial charge in [0.05, 0.1) is 0 Å². The quantitative estimate of drug-likeness (QED) is 0.657. The molecule has 0 amide bonds. The predicted octanol–water partition coefficient (Wildman–Crippen LogP) is 5.58. The van der Waals surface area contributed by atoms with Crippen LogP contribution in [0.15, 0.2) is 48.5 Å². The minimum atomic E-state index is 0.743. The molecule has 0 saturated heterocycles. The summed E-state index contributed by atoms with van der Waals surface area (Å²) in [4.78, 5) is 0. The van der Waals surface area contributed by atoms with Crippen LogP contribution in [0.4, 0.5) is 11.5 Å². The van der Waals surface area contributed by atoms with Crippen LogP contribution < -0.4 is 5.32 Å². The molecule has 3 nitrogen and oxygen atoms in total. The number of nitriles is 1. The molecule has 1 heterocycles. The average Bonchev–Trinajstić information content (AvgIpc) is 2.87. The van der Waals surface area contributed by atoms with E-state index < -0.39 is 0 Å². The maximum atomic E-state index is 9.71. The number of benzene rings is 2. The highest BCUT2D eigenvalue weighted by atomic mass is 15.1. The summed E-state index contributed by atoms with van der Waals surface area (Å²) in [5.74, 6) is 1.02. The number of anilines is 2. The molecule has 0 fully saturated rings. The Morgan fingerprint density at radius 1 is 0.885 bits per heavy atom. The summed E-state index contributed by atoms with van der Waals surface area (Å²) in [6, 6.07) is 19.1. The Hall–Kier alpha value is -2.99. The van der Waals surface area contributed by atoms with E-state index in [-0.39, 0.29) is 0 Å². The average molecular weight is 343 g/mol. The van der Waals surface area contributed by atoms with E-state index in [0.717, 1.165) is 41.3 Å². The van der Waals surface area contributed by atoms with Gasteiger partial charge in [0.2, 0.25) is 0 Å². The lowest BCUT2D eigenvalue weighted by atomic mass is 10.1. The van der Waals surface area contributed by atoms with Crippen LogP contribution in [0.1, 0.15) is 33.5 Å². The number of aromatic nitrogens is 1. The molecule has 0 spiro atoms. The number of hydrogen-bond acceptors (Lipinski definition) is 2. The van der Waals surface area contributed by atoms with E-state index in [9.17, 15) is 5.26 Å². The maximum Gasteiger partial charge on any atom is 0.125 e. The Morgan fingerprint density at radius 3 is 2.15 bits per heavy atom. The van der Waals surface area contributed by atoms with Gasteiger partial charge in [0.25, 0.3) is 0 Å². The smallest absolute Gasteiger partial charge is 0.125 e. The third-order valence-corrected chi connectivity index (χ3v) is 5.11. The van der Waals surface area contributed by atoms with E-state index in [4.69, 9.17) is 0 Å². The summed E-state index contributed by atoms with van der Waals surface area (Å²) in [6.45, 7) is 9.11. The number of hydrogen-bond donors (Lipinski definition) is 1. The second kappa shape index (κ2) is 7.49. The third-order valence-electron chi connectivity index (χ3n) is 5.11. The minimum Gasteiger partial charge on any atom is -0.341 e. The van der Waals surface area contributed by atoms with Crippen molar-refractivity contribution in [3.8, 4) is 6.07 Å². The summed E-state index contributed by atoms with van der Waals surface area (Å²) in [5, 5.41) is 13.3. The molecule has 1 aromatic heterocycles. The maximum absolute atomic E-state index is 9.71. The molecule has 0 aliphatic heterocycles. The van der Waals surface area contributed by atoms with Gasteiger partial charge >= 0.3 is 0 Å². The molecule has 3 aromatic rings. The first-order chi connectivity index (χ1) is 12.5. The van der Waals surface area contributed by atoms with Crippen LogP contribution in [0.25, 0.3) is 0 Å². The molecular formula is C23H25N3. The number of aryl methyl sites for hydroxylation is 3. The van der Waals surface area contributed by atoms with Gasteiger partial charge in [0.1, 0.15) is 17.6 Å². The monoisotopic (exact) mass is 343 g/mol. The van der Waals surface area contributed by atoms with Crippen molar-refractivity contribution in [3.05, 3.63) is 82.0 Å². The van der Waals surface area contributed by atoms with E-state index in [1.165, 1.54) is 16.7 Å². The van der Waals surface area contributed by atoms with Crippen LogP contribution in [0.2, 0.25) is 0 Å². The van der Waals surface area contributed by atoms with E-state index in [1.54, 1.807) is 0 Å². The second-order valence-electron chi connectivity index (χ2n) is 6.84. The van der Waals surface area contributed by atoms with Crippen molar-refractivity contribution in [2.75, 3.05) is 5.32 Å². The number of nitrogens with zero attached hydrogens (tertiary/aromatic N) is 2. The lowest BCUT2D eigenvalue weighted by molar-refractivity contribution is 0.698. The largest absolute Gasteiger partial charge is 0.341 e. The van der Waals surface area contributed by atoms with Crippen LogP contribution in [0.3, 0.4) is 0 Å². The molecule has 0 atom stereocenters. The van der Waals surface area contributed by atoms with Gasteiger partial charge in [-0.1, -0.05) is 48.5 Å². The van der Waals surface area contributed by atoms with Crippen molar-refractivity contribution >= 4 is 11.5 Å². The van der Waals surface area contributed by atoms with Gasteiger partial charge in [0, 0.05) is 12.2 Å². The van der Waals surface area contributed by atoms with Crippen LogP contribution in [0, 0.1) is 39.0 Å². The fourth-order valence-corrected chi connectivity index (χ4v) is 3.42. The SMILES string of the molecule is Cc1cccc(C)c1Nc1c(C)c(C)c(C#N)n1CCc1ccccc1. The van der Waals surface area contributed by atoms with Crippen LogP contribution >= 0.6 is 0 Å². The summed E-state index contributed by atoms with van der Waals surface area (Å²) < 4.78 is 2.13. The van der Waals surface area contributed by atoms with E-state index in [1.807, 2.05) is 13.0 Å². The predicted molar refractivity (Wildman–Crippen MR) is 108 cm³/mol. The number of rotatable bonds is 5. The standard InChI is InChI=1S/C23H25N3/c1-16-9-8-10-17(2)22(16)25-23-19(4)18(3)21(15-24)26(23)14-13-20-11-6-5-7-12-20/h5-12,25H,13-14H2,1-4H3. The molecule has 3 rings (SSSR count). The third kappa shape index (κ3) is 3.36. The lowest BCUT2D eigenvalue weighted by Crippen LogP contribution is -2.09. The van der Waals surface area contributed by atoms with Gasteiger partial charge in [-0.2, -0.15) is 5.26 Å². The van der Waals surface area contributed by atoms with E-state index >= 15 is 0 Å². The van der Waals surface area contributed by atoms with Crippen LogP contribution in [0.5, 0.6) is 0 Å². The fraction of sp³-hybridized carbons (Fsp3) is 0.261. The zero-order chi connectivity index (χ0) is 18.7. The molecule has 0 saturated carbocycles. The lowest BCUT2D eigenvalue weighted by Gasteiger charge is -2.17. The first-order valence-corrected chi connectivity index (χ1v) is 9.00. The highest BCUT2D eigenvalue weighted by Crippen LogP contribution is 2.31. The normalized spacial score (nSPS) is 10.6. The highest BCUT2D eigenvalue weighted by molar-refractivity contribution is 5.69. The highest BCUT2D eigenvalue weighted by Gasteiger charge is 2.18. The summed E-state index contributed by atoms with van der Waals surface area (Å²) in [5.41, 5.74) is 7.74. The Kier molecular flexibility index (Phi) is 5.14. The van der Waals surface area contributed by atoms with Crippen LogP contribution in [-0.4, -0.2) is 4.57 Å². The van der Waals surface area contributed by atoms with Gasteiger partial charge in [-0.05, 0) is 61.9 Å². The molecule has 0 aliphatic rings. The van der Waals surface area contributed by atoms with E-state index in [2.05, 4.69) is 79.2 Å². The van der Waals surface area contributed by atoms with Crippen LogP contribution in [-0.2, 0) is 13.0 Å². The topological polar surface area (TPSA) is 40.8 Å². The first kappa shape index (κ1) is 17.8. The van der Waals surface area contributed by atoms with Crippen molar-refractivity contribution in [1.82, 2.24) is 4.57 Å². The zero-order valence-corrected chi connectivity index (χ0v) is 15.9. The Morgan fingerprint density at radius 2 is 1.54 bits per heavy atom. The minimum absolute atomic E-state index is 0.743. The second-order valence-corrected chi connectivity index (χ2v) is 6.84.